The van der Waals surface area contributed by atoms with Crippen LogP contribution in [0, 0.1) is 0 Å². The number of ketones is 1. The number of carbonyl (C=O) groups excluding carboxylic acids is 1. The summed E-state index contributed by atoms with van der Waals surface area (Å²) in [5.74, 6) is 0.0693. The van der Waals surface area contributed by atoms with E-state index in [0.29, 0.717) is 0 Å². The summed E-state index contributed by atoms with van der Waals surface area (Å²) in [4.78, 5) is 20.7. The van der Waals surface area contributed by atoms with E-state index in [2.05, 4.69) is 9.97 Å². The van der Waals surface area contributed by atoms with Crippen molar-refractivity contribution < 1.29 is 4.79 Å². The van der Waals surface area contributed by atoms with Gasteiger partial charge in [0.1, 0.15) is 10.3 Å². The van der Waals surface area contributed by atoms with Gasteiger partial charge in [0.05, 0.1) is 4.88 Å². The van der Waals surface area contributed by atoms with Crippen LogP contribution in [0.15, 0.2) is 18.5 Å². The highest BCUT2D eigenvalue weighted by molar-refractivity contribution is 7.20. The standard InChI is InChI=1S/C8H6N2OS/c1-5(11)7-4-6-8(12-7)10-3-2-9-6/h2-4H,1H3. The second-order valence-electron chi connectivity index (χ2n) is 2.41. The SMILES string of the molecule is CC(=O)c1cc2nccnc2s1. The van der Waals surface area contributed by atoms with Crippen molar-refractivity contribution in [3.63, 3.8) is 0 Å². The zero-order valence-electron chi connectivity index (χ0n) is 6.44. The molecule has 0 spiro atoms. The van der Waals surface area contributed by atoms with E-state index in [-0.39, 0.29) is 5.78 Å². The van der Waals surface area contributed by atoms with Gasteiger partial charge in [-0.2, -0.15) is 0 Å². The maximum Gasteiger partial charge on any atom is 0.169 e. The van der Waals surface area contributed by atoms with Gasteiger partial charge in [0, 0.05) is 12.4 Å². The van der Waals surface area contributed by atoms with Crippen molar-refractivity contribution in [3.05, 3.63) is 23.3 Å². The fourth-order valence-electron chi connectivity index (χ4n) is 0.945. The number of rotatable bonds is 1. The van der Waals surface area contributed by atoms with E-state index in [9.17, 15) is 4.79 Å². The predicted octanol–water partition coefficient (Wildman–Crippen LogP) is 1.89. The first-order valence-electron chi connectivity index (χ1n) is 3.49. The molecule has 0 radical (unpaired) electrons. The minimum atomic E-state index is 0.0693. The number of hydrogen-bond donors (Lipinski definition) is 0. The largest absolute Gasteiger partial charge is 0.294 e. The van der Waals surface area contributed by atoms with Crippen LogP contribution in [-0.2, 0) is 0 Å². The zero-order valence-corrected chi connectivity index (χ0v) is 7.26. The van der Waals surface area contributed by atoms with E-state index in [1.54, 1.807) is 25.4 Å². The molecular formula is C8H6N2OS. The number of carbonyl (C=O) groups is 1. The molecule has 0 fully saturated rings. The number of Topliss-reactive ketones (excluding diaryl/α,β-unsaturated/α-hetero) is 1. The molecular weight excluding hydrogens is 172 g/mol. The number of fused-ring (bicyclic) bond motifs is 1. The molecule has 0 aliphatic rings. The van der Waals surface area contributed by atoms with Crippen LogP contribution in [0.25, 0.3) is 10.3 Å². The normalized spacial score (nSPS) is 10.4. The Morgan fingerprint density at radius 2 is 2.17 bits per heavy atom. The lowest BCUT2D eigenvalue weighted by molar-refractivity contribution is 0.102. The molecule has 0 N–H and O–H groups in total. The summed E-state index contributed by atoms with van der Waals surface area (Å²) in [6.07, 6.45) is 3.25. The number of thiophene rings is 1. The van der Waals surface area contributed by atoms with E-state index in [1.807, 2.05) is 0 Å². The van der Waals surface area contributed by atoms with Crippen LogP contribution in [0.4, 0.5) is 0 Å². The van der Waals surface area contributed by atoms with E-state index in [0.717, 1.165) is 15.2 Å². The lowest BCUT2D eigenvalue weighted by Gasteiger charge is -1.81. The van der Waals surface area contributed by atoms with Crippen LogP contribution in [0.2, 0.25) is 0 Å². The van der Waals surface area contributed by atoms with Gasteiger partial charge in [-0.15, -0.1) is 11.3 Å². The number of nitrogens with zero attached hydrogens (tertiary/aromatic N) is 2. The zero-order chi connectivity index (χ0) is 8.55. The van der Waals surface area contributed by atoms with E-state index >= 15 is 0 Å². The van der Waals surface area contributed by atoms with Crippen LogP contribution in [0.1, 0.15) is 16.6 Å². The summed E-state index contributed by atoms with van der Waals surface area (Å²) in [6, 6.07) is 1.77. The lowest BCUT2D eigenvalue weighted by atomic mass is 10.3. The third-order valence-corrected chi connectivity index (χ3v) is 2.65. The summed E-state index contributed by atoms with van der Waals surface area (Å²) >= 11 is 1.38. The molecule has 0 unspecified atom stereocenters. The predicted molar refractivity (Wildman–Crippen MR) is 47.4 cm³/mol. The third kappa shape index (κ3) is 1.10. The molecule has 12 heavy (non-hydrogen) atoms. The van der Waals surface area contributed by atoms with Gasteiger partial charge in [-0.1, -0.05) is 0 Å². The fraction of sp³-hybridized carbons (Fsp3) is 0.125. The smallest absolute Gasteiger partial charge is 0.169 e. The Bertz CT molecular complexity index is 402. The summed E-state index contributed by atoms with van der Waals surface area (Å²) < 4.78 is 0. The van der Waals surface area contributed by atoms with Gasteiger partial charge in [0.15, 0.2) is 5.78 Å². The lowest BCUT2D eigenvalue weighted by Crippen LogP contribution is -1.83. The second-order valence-corrected chi connectivity index (χ2v) is 3.44. The van der Waals surface area contributed by atoms with Gasteiger partial charge in [0.25, 0.3) is 0 Å². The van der Waals surface area contributed by atoms with Crippen molar-refractivity contribution in [2.75, 3.05) is 0 Å². The molecule has 2 rings (SSSR count). The molecule has 0 saturated heterocycles. The molecule has 3 nitrogen and oxygen atoms in total. The molecule has 0 aliphatic carbocycles. The van der Waals surface area contributed by atoms with Crippen LogP contribution >= 0.6 is 11.3 Å². The highest BCUT2D eigenvalue weighted by atomic mass is 32.1. The van der Waals surface area contributed by atoms with Gasteiger partial charge in [-0.05, 0) is 13.0 Å². The molecule has 0 aromatic carbocycles. The molecule has 0 saturated carbocycles. The second kappa shape index (κ2) is 2.64. The Morgan fingerprint density at radius 1 is 1.42 bits per heavy atom. The molecule has 0 bridgehead atoms. The van der Waals surface area contributed by atoms with Crippen LogP contribution < -0.4 is 0 Å². The van der Waals surface area contributed by atoms with Crippen molar-refractivity contribution >= 4 is 27.5 Å². The fourth-order valence-corrected chi connectivity index (χ4v) is 1.80. The molecule has 2 aromatic rings. The highest BCUT2D eigenvalue weighted by Gasteiger charge is 2.05. The molecule has 0 aliphatic heterocycles. The summed E-state index contributed by atoms with van der Waals surface area (Å²) in [7, 11) is 0. The number of hydrogen-bond acceptors (Lipinski definition) is 4. The van der Waals surface area contributed by atoms with Crippen LogP contribution in [0.5, 0.6) is 0 Å². The maximum atomic E-state index is 11.0. The molecule has 60 valence electrons. The highest BCUT2D eigenvalue weighted by Crippen LogP contribution is 2.21. The first kappa shape index (κ1) is 7.36. The Hall–Kier alpha value is -1.29. The molecule has 2 aromatic heterocycles. The Labute approximate surface area is 73.1 Å². The van der Waals surface area contributed by atoms with Crippen LogP contribution in [-0.4, -0.2) is 15.8 Å². The van der Waals surface area contributed by atoms with Crippen molar-refractivity contribution in [1.82, 2.24) is 9.97 Å². The quantitative estimate of drug-likeness (QED) is 0.626. The Balaban J connectivity index is 2.70. The summed E-state index contributed by atoms with van der Waals surface area (Å²) in [5, 5.41) is 0. The molecule has 4 heteroatoms. The van der Waals surface area contributed by atoms with Crippen LogP contribution in [0.3, 0.4) is 0 Å². The van der Waals surface area contributed by atoms with Crippen molar-refractivity contribution in [2.45, 2.75) is 6.92 Å². The third-order valence-electron chi connectivity index (χ3n) is 1.51. The average Bonchev–Trinajstić information content (AvgIpc) is 2.46. The van der Waals surface area contributed by atoms with Gasteiger partial charge in [0.2, 0.25) is 0 Å². The first-order valence-corrected chi connectivity index (χ1v) is 4.30. The van der Waals surface area contributed by atoms with Gasteiger partial charge in [-0.3, -0.25) is 9.78 Å². The van der Waals surface area contributed by atoms with Gasteiger partial charge < -0.3 is 0 Å². The summed E-state index contributed by atoms with van der Waals surface area (Å²) in [5.41, 5.74) is 0.799. The van der Waals surface area contributed by atoms with Crippen molar-refractivity contribution in [2.24, 2.45) is 0 Å². The van der Waals surface area contributed by atoms with E-state index < -0.39 is 0 Å². The van der Waals surface area contributed by atoms with Gasteiger partial charge >= 0.3 is 0 Å². The summed E-state index contributed by atoms with van der Waals surface area (Å²) in [6.45, 7) is 1.55. The minimum Gasteiger partial charge on any atom is -0.294 e. The Kier molecular flexibility index (Phi) is 1.62. The molecule has 2 heterocycles. The van der Waals surface area contributed by atoms with E-state index in [1.165, 1.54) is 11.3 Å². The number of aromatic nitrogens is 2. The minimum absolute atomic E-state index is 0.0693. The van der Waals surface area contributed by atoms with Crippen molar-refractivity contribution in [3.8, 4) is 0 Å². The van der Waals surface area contributed by atoms with E-state index in [4.69, 9.17) is 0 Å². The molecule has 0 amide bonds. The molecule has 0 atom stereocenters. The van der Waals surface area contributed by atoms with Crippen molar-refractivity contribution in [1.29, 1.82) is 0 Å². The topological polar surface area (TPSA) is 42.9 Å². The Morgan fingerprint density at radius 3 is 2.83 bits per heavy atom. The maximum absolute atomic E-state index is 11.0. The first-order chi connectivity index (χ1) is 5.77. The van der Waals surface area contributed by atoms with Gasteiger partial charge in [-0.25, -0.2) is 4.98 Å². The monoisotopic (exact) mass is 178 g/mol. The average molecular weight is 178 g/mol.